The highest BCUT2D eigenvalue weighted by atomic mass is 32.2. The third-order valence-corrected chi connectivity index (χ3v) is 5.89. The predicted molar refractivity (Wildman–Crippen MR) is 123 cm³/mol. The van der Waals surface area contributed by atoms with Crippen LogP contribution in [0.3, 0.4) is 0 Å². The number of hydrogen-bond acceptors (Lipinski definition) is 8. The standard InChI is InChI=1S/C21H22FN5O3S2/c1-12(2)11-27-20-17(25-21(27)26-30-32(4,28)29)10-9-16(24-20)19-18(23-13(3)31-19)14-5-7-15(22)8-6-14/h5-10,12H,11H2,1-4H3,(H,25,26). The molecule has 0 aliphatic rings. The summed E-state index contributed by atoms with van der Waals surface area (Å²) in [7, 11) is -3.71. The first-order chi connectivity index (χ1) is 15.1. The van der Waals surface area contributed by atoms with E-state index in [0.717, 1.165) is 27.4 Å². The Hall–Kier alpha value is -2.89. The van der Waals surface area contributed by atoms with Crippen LogP contribution in [0.15, 0.2) is 36.4 Å². The number of halogens is 1. The van der Waals surface area contributed by atoms with Gasteiger partial charge in [0.1, 0.15) is 11.3 Å². The number of fused-ring (bicyclic) bond motifs is 1. The zero-order valence-electron chi connectivity index (χ0n) is 18.0. The molecule has 0 spiro atoms. The lowest BCUT2D eigenvalue weighted by Crippen LogP contribution is -2.15. The summed E-state index contributed by atoms with van der Waals surface area (Å²) in [6.07, 6.45) is 0.953. The molecule has 0 atom stereocenters. The zero-order valence-corrected chi connectivity index (χ0v) is 19.6. The van der Waals surface area contributed by atoms with E-state index >= 15 is 0 Å². The highest BCUT2D eigenvalue weighted by Crippen LogP contribution is 2.36. The van der Waals surface area contributed by atoms with Gasteiger partial charge >= 0.3 is 0 Å². The van der Waals surface area contributed by atoms with Crippen LogP contribution in [0.5, 0.6) is 0 Å². The van der Waals surface area contributed by atoms with Crippen molar-refractivity contribution in [2.24, 2.45) is 5.92 Å². The molecule has 168 valence electrons. The van der Waals surface area contributed by atoms with Crippen molar-refractivity contribution >= 4 is 38.6 Å². The molecule has 0 unspecified atom stereocenters. The van der Waals surface area contributed by atoms with Crippen molar-refractivity contribution in [1.82, 2.24) is 19.5 Å². The number of hydrogen-bond donors (Lipinski definition) is 1. The molecular weight excluding hydrogens is 453 g/mol. The van der Waals surface area contributed by atoms with Crippen molar-refractivity contribution in [3.63, 3.8) is 0 Å². The van der Waals surface area contributed by atoms with Gasteiger partial charge in [0.25, 0.3) is 10.1 Å². The van der Waals surface area contributed by atoms with Crippen LogP contribution in [-0.2, 0) is 20.9 Å². The molecule has 4 aromatic rings. The summed E-state index contributed by atoms with van der Waals surface area (Å²) in [5.41, 5.74) is 5.84. The third-order valence-electron chi connectivity index (χ3n) is 4.51. The fraction of sp³-hybridized carbons (Fsp3) is 0.286. The van der Waals surface area contributed by atoms with Crippen LogP contribution in [0.25, 0.3) is 33.0 Å². The zero-order chi connectivity index (χ0) is 23.0. The first-order valence-corrected chi connectivity index (χ1v) is 12.5. The minimum atomic E-state index is -3.71. The number of imidazole rings is 1. The van der Waals surface area contributed by atoms with E-state index in [4.69, 9.17) is 9.27 Å². The monoisotopic (exact) mass is 475 g/mol. The molecule has 32 heavy (non-hydrogen) atoms. The van der Waals surface area contributed by atoms with Gasteiger partial charge in [-0.05, 0) is 49.2 Å². The number of nitrogens with zero attached hydrogens (tertiary/aromatic N) is 4. The van der Waals surface area contributed by atoms with E-state index in [2.05, 4.69) is 15.4 Å². The average molecular weight is 476 g/mol. The van der Waals surface area contributed by atoms with Crippen molar-refractivity contribution < 1.29 is 17.1 Å². The molecule has 0 bridgehead atoms. The number of nitrogens with one attached hydrogen (secondary N) is 1. The van der Waals surface area contributed by atoms with Crippen LogP contribution < -0.4 is 5.48 Å². The number of thiazole rings is 1. The van der Waals surface area contributed by atoms with Gasteiger partial charge < -0.3 is 0 Å². The van der Waals surface area contributed by atoms with Gasteiger partial charge in [0.15, 0.2) is 5.65 Å². The molecule has 11 heteroatoms. The summed E-state index contributed by atoms with van der Waals surface area (Å²) in [6.45, 7) is 6.54. The molecule has 1 aromatic carbocycles. The quantitative estimate of drug-likeness (QED) is 0.389. The summed E-state index contributed by atoms with van der Waals surface area (Å²) < 4.78 is 42.8. The maximum Gasteiger partial charge on any atom is 0.285 e. The molecule has 0 amide bonds. The smallest absolute Gasteiger partial charge is 0.285 e. The molecule has 1 N–H and O–H groups in total. The second-order valence-electron chi connectivity index (χ2n) is 7.79. The summed E-state index contributed by atoms with van der Waals surface area (Å²) in [4.78, 5) is 14.8. The third kappa shape index (κ3) is 4.79. The minimum Gasteiger partial charge on any atom is -0.293 e. The first kappa shape index (κ1) is 22.3. The van der Waals surface area contributed by atoms with Gasteiger partial charge in [0, 0.05) is 12.1 Å². The molecule has 0 aliphatic heterocycles. The molecule has 3 heterocycles. The Bertz CT molecular complexity index is 1380. The highest BCUT2D eigenvalue weighted by molar-refractivity contribution is 7.86. The molecule has 0 saturated carbocycles. The molecule has 3 aromatic heterocycles. The minimum absolute atomic E-state index is 0.247. The molecule has 8 nitrogen and oxygen atoms in total. The topological polar surface area (TPSA) is 99.0 Å². The van der Waals surface area contributed by atoms with Crippen molar-refractivity contribution in [3.8, 4) is 21.8 Å². The van der Waals surface area contributed by atoms with Crippen LogP contribution in [0.1, 0.15) is 18.9 Å². The number of pyridine rings is 1. The average Bonchev–Trinajstić information content (AvgIpc) is 3.26. The SMILES string of the molecule is Cc1nc(-c2ccc(F)cc2)c(-c2ccc3nc(NOS(C)(=O)=O)n(CC(C)C)c3n2)s1. The lowest BCUT2D eigenvalue weighted by atomic mass is 10.1. The van der Waals surface area contributed by atoms with Gasteiger partial charge in [0.2, 0.25) is 5.95 Å². The van der Waals surface area contributed by atoms with E-state index in [-0.39, 0.29) is 17.7 Å². The summed E-state index contributed by atoms with van der Waals surface area (Å²) in [6, 6.07) is 9.86. The Balaban J connectivity index is 1.82. The van der Waals surface area contributed by atoms with E-state index in [1.165, 1.54) is 23.5 Å². The first-order valence-electron chi connectivity index (χ1n) is 9.86. The fourth-order valence-electron chi connectivity index (χ4n) is 3.26. The van der Waals surface area contributed by atoms with Crippen molar-refractivity contribution in [3.05, 3.63) is 47.2 Å². The van der Waals surface area contributed by atoms with E-state index in [0.29, 0.717) is 23.4 Å². The lowest BCUT2D eigenvalue weighted by Gasteiger charge is -2.11. The number of rotatable bonds is 7. The van der Waals surface area contributed by atoms with Crippen LogP contribution in [-0.4, -0.2) is 34.2 Å². The van der Waals surface area contributed by atoms with Crippen LogP contribution in [0.2, 0.25) is 0 Å². The Morgan fingerprint density at radius 1 is 1.12 bits per heavy atom. The van der Waals surface area contributed by atoms with Crippen molar-refractivity contribution in [2.45, 2.75) is 27.3 Å². The van der Waals surface area contributed by atoms with Crippen LogP contribution >= 0.6 is 11.3 Å². The maximum absolute atomic E-state index is 13.4. The van der Waals surface area contributed by atoms with Gasteiger partial charge in [-0.15, -0.1) is 15.6 Å². The molecule has 0 radical (unpaired) electrons. The molecule has 0 fully saturated rings. The lowest BCUT2D eigenvalue weighted by molar-refractivity contribution is 0.385. The summed E-state index contributed by atoms with van der Waals surface area (Å²) in [5, 5.41) is 0.862. The Kier molecular flexibility index (Phi) is 5.97. The Labute approximate surface area is 189 Å². The van der Waals surface area contributed by atoms with Crippen molar-refractivity contribution in [1.29, 1.82) is 0 Å². The molecule has 4 rings (SSSR count). The maximum atomic E-state index is 13.4. The Morgan fingerprint density at radius 3 is 2.50 bits per heavy atom. The van der Waals surface area contributed by atoms with Gasteiger partial charge in [0.05, 0.1) is 27.5 Å². The largest absolute Gasteiger partial charge is 0.293 e. The van der Waals surface area contributed by atoms with E-state index in [1.807, 2.05) is 32.9 Å². The number of benzene rings is 1. The van der Waals surface area contributed by atoms with Gasteiger partial charge in [-0.3, -0.25) is 4.57 Å². The summed E-state index contributed by atoms with van der Waals surface area (Å²) >= 11 is 1.50. The molecule has 0 saturated heterocycles. The second-order valence-corrected chi connectivity index (χ2v) is 10.6. The number of aromatic nitrogens is 4. The number of anilines is 1. The van der Waals surface area contributed by atoms with Crippen molar-refractivity contribution in [2.75, 3.05) is 11.7 Å². The highest BCUT2D eigenvalue weighted by Gasteiger charge is 2.19. The van der Waals surface area contributed by atoms with E-state index in [9.17, 15) is 12.8 Å². The Morgan fingerprint density at radius 2 is 1.84 bits per heavy atom. The van der Waals surface area contributed by atoms with Crippen LogP contribution in [0.4, 0.5) is 10.3 Å². The molecular formula is C21H22FN5O3S2. The van der Waals surface area contributed by atoms with E-state index < -0.39 is 10.1 Å². The fourth-order valence-corrected chi connectivity index (χ4v) is 4.40. The normalized spacial score (nSPS) is 12.1. The number of aryl methyl sites for hydroxylation is 1. The van der Waals surface area contributed by atoms with Gasteiger partial charge in [-0.1, -0.05) is 13.8 Å². The second kappa shape index (κ2) is 8.57. The van der Waals surface area contributed by atoms with Crippen LogP contribution in [0, 0.1) is 18.7 Å². The van der Waals surface area contributed by atoms with Gasteiger partial charge in [-0.2, -0.15) is 8.42 Å². The summed E-state index contributed by atoms with van der Waals surface area (Å²) in [5.74, 6) is 0.191. The predicted octanol–water partition coefficient (Wildman–Crippen LogP) is 4.63. The van der Waals surface area contributed by atoms with Gasteiger partial charge in [-0.25, -0.2) is 24.8 Å². The van der Waals surface area contributed by atoms with E-state index in [1.54, 1.807) is 16.7 Å². The molecule has 0 aliphatic carbocycles.